The van der Waals surface area contributed by atoms with Crippen molar-refractivity contribution in [3.63, 3.8) is 0 Å². The van der Waals surface area contributed by atoms with Crippen molar-refractivity contribution in [3.05, 3.63) is 0 Å². The first kappa shape index (κ1) is 7.46. The van der Waals surface area contributed by atoms with Crippen molar-refractivity contribution >= 4 is 9.03 Å². The topological polar surface area (TPSA) is 18.5 Å². The number of hydrogen-bond acceptors (Lipinski definition) is 2. The Balaban J connectivity index is 1.98. The first-order chi connectivity index (χ1) is 4.43. The van der Waals surface area contributed by atoms with E-state index in [0.717, 1.165) is 0 Å². The van der Waals surface area contributed by atoms with E-state index < -0.39 is 0 Å². The second kappa shape index (κ2) is 4.21. The van der Waals surface area contributed by atoms with E-state index in [2.05, 4.69) is 0 Å². The van der Waals surface area contributed by atoms with Gasteiger partial charge in [-0.05, 0) is 12.8 Å². The van der Waals surface area contributed by atoms with Crippen LogP contribution in [0.3, 0.4) is 0 Å². The van der Waals surface area contributed by atoms with Gasteiger partial charge in [-0.15, -0.1) is 0 Å². The maximum Gasteiger partial charge on any atom is 0.155 e. The van der Waals surface area contributed by atoms with Crippen LogP contribution in [-0.4, -0.2) is 13.2 Å². The van der Waals surface area contributed by atoms with E-state index in [4.69, 9.17) is 9.05 Å². The minimum Gasteiger partial charge on any atom is -0.340 e. The van der Waals surface area contributed by atoms with Gasteiger partial charge < -0.3 is 9.05 Å². The van der Waals surface area contributed by atoms with Crippen LogP contribution < -0.4 is 0 Å². The highest BCUT2D eigenvalue weighted by Crippen LogP contribution is 2.27. The molecule has 0 aromatic rings. The molecule has 0 aromatic heterocycles. The summed E-state index contributed by atoms with van der Waals surface area (Å²) >= 11 is 0. The van der Waals surface area contributed by atoms with Crippen LogP contribution in [0.1, 0.15) is 25.7 Å². The molecule has 9 heavy (non-hydrogen) atoms. The van der Waals surface area contributed by atoms with Gasteiger partial charge in [0.1, 0.15) is 0 Å². The fraction of sp³-hybridized carbons (Fsp3) is 1.00. The highest BCUT2D eigenvalue weighted by atomic mass is 31.1. The van der Waals surface area contributed by atoms with Gasteiger partial charge in [-0.2, -0.15) is 0 Å². The molecular weight excluding hydrogens is 135 g/mol. The summed E-state index contributed by atoms with van der Waals surface area (Å²) in [4.78, 5) is 0. The molecule has 0 aliphatic heterocycles. The molecule has 0 heterocycles. The zero-order chi connectivity index (χ0) is 6.53. The van der Waals surface area contributed by atoms with Crippen LogP contribution in [0.5, 0.6) is 0 Å². The third-order valence-corrected chi connectivity index (χ3v) is 2.20. The van der Waals surface area contributed by atoms with Gasteiger partial charge in [-0.1, -0.05) is 12.8 Å². The lowest BCUT2D eigenvalue weighted by Gasteiger charge is -2.07. The van der Waals surface area contributed by atoms with Crippen molar-refractivity contribution in [2.45, 2.75) is 31.8 Å². The van der Waals surface area contributed by atoms with Crippen molar-refractivity contribution in [1.82, 2.24) is 0 Å². The van der Waals surface area contributed by atoms with Crippen LogP contribution >= 0.6 is 9.03 Å². The van der Waals surface area contributed by atoms with Gasteiger partial charge in [0.2, 0.25) is 0 Å². The second-order valence-corrected chi connectivity index (χ2v) is 3.12. The average Bonchev–Trinajstić information content (AvgIpc) is 2.34. The average molecular weight is 148 g/mol. The summed E-state index contributed by atoms with van der Waals surface area (Å²) in [6.07, 6.45) is 5.63. The molecule has 0 bridgehead atoms. The van der Waals surface area contributed by atoms with E-state index in [9.17, 15) is 0 Å². The Labute approximate surface area is 57.9 Å². The molecule has 0 amide bonds. The summed E-state index contributed by atoms with van der Waals surface area (Å²) in [7, 11) is 1.92. The van der Waals surface area contributed by atoms with Gasteiger partial charge in [0.15, 0.2) is 9.03 Å². The van der Waals surface area contributed by atoms with Crippen molar-refractivity contribution < 1.29 is 9.05 Å². The summed E-state index contributed by atoms with van der Waals surface area (Å²) < 4.78 is 10.2. The van der Waals surface area contributed by atoms with Crippen molar-refractivity contribution in [1.29, 1.82) is 0 Å². The minimum atomic E-state index is 0.249. The van der Waals surface area contributed by atoms with E-state index in [1.54, 1.807) is 7.11 Å². The molecule has 1 aliphatic carbocycles. The van der Waals surface area contributed by atoms with E-state index in [1.165, 1.54) is 25.7 Å². The molecular formula is C6H13O2P. The molecule has 1 fully saturated rings. The largest absolute Gasteiger partial charge is 0.340 e. The van der Waals surface area contributed by atoms with Gasteiger partial charge in [0.05, 0.1) is 6.10 Å². The molecule has 2 nitrogen and oxygen atoms in total. The van der Waals surface area contributed by atoms with Gasteiger partial charge >= 0.3 is 0 Å². The van der Waals surface area contributed by atoms with E-state index in [1.807, 2.05) is 0 Å². The monoisotopic (exact) mass is 148 g/mol. The standard InChI is InChI=1S/C6H13O2P/c1-7-9-8-6-4-2-3-5-6/h6,9H,2-5H2,1H3. The zero-order valence-electron chi connectivity index (χ0n) is 5.72. The third-order valence-electron chi connectivity index (χ3n) is 1.60. The molecule has 0 spiro atoms. The van der Waals surface area contributed by atoms with Crippen LogP contribution in [0.2, 0.25) is 0 Å². The van der Waals surface area contributed by atoms with Crippen LogP contribution in [0.4, 0.5) is 0 Å². The van der Waals surface area contributed by atoms with Crippen LogP contribution in [0, 0.1) is 0 Å². The molecule has 1 aliphatic rings. The van der Waals surface area contributed by atoms with Crippen LogP contribution in [0.15, 0.2) is 0 Å². The fourth-order valence-electron chi connectivity index (χ4n) is 1.12. The lowest BCUT2D eigenvalue weighted by atomic mass is 10.3. The van der Waals surface area contributed by atoms with Crippen molar-refractivity contribution in [3.8, 4) is 0 Å². The SMILES string of the molecule is COPOC1CCCC1. The van der Waals surface area contributed by atoms with Gasteiger partial charge in [0, 0.05) is 7.11 Å². The quantitative estimate of drug-likeness (QED) is 0.570. The van der Waals surface area contributed by atoms with Crippen molar-refractivity contribution in [2.24, 2.45) is 0 Å². The molecule has 54 valence electrons. The molecule has 1 unspecified atom stereocenters. The summed E-state index contributed by atoms with van der Waals surface area (Å²) in [5.74, 6) is 0. The lowest BCUT2D eigenvalue weighted by Crippen LogP contribution is -1.99. The van der Waals surface area contributed by atoms with Gasteiger partial charge in [0.25, 0.3) is 0 Å². The Morgan fingerprint density at radius 1 is 1.33 bits per heavy atom. The second-order valence-electron chi connectivity index (χ2n) is 2.31. The Morgan fingerprint density at radius 2 is 2.00 bits per heavy atom. The Bertz CT molecular complexity index is 71.5. The highest BCUT2D eigenvalue weighted by Gasteiger charge is 2.14. The Morgan fingerprint density at radius 3 is 2.56 bits per heavy atom. The third kappa shape index (κ3) is 2.61. The fourth-order valence-corrected chi connectivity index (χ4v) is 1.59. The smallest absolute Gasteiger partial charge is 0.155 e. The summed E-state index contributed by atoms with van der Waals surface area (Å²) in [6, 6.07) is 0. The van der Waals surface area contributed by atoms with Crippen molar-refractivity contribution in [2.75, 3.05) is 7.11 Å². The highest BCUT2D eigenvalue weighted by molar-refractivity contribution is 7.26. The predicted molar refractivity (Wildman–Crippen MR) is 38.7 cm³/mol. The molecule has 1 saturated carbocycles. The first-order valence-corrected chi connectivity index (χ1v) is 4.19. The number of hydrogen-bond donors (Lipinski definition) is 0. The van der Waals surface area contributed by atoms with Gasteiger partial charge in [-0.3, -0.25) is 0 Å². The van der Waals surface area contributed by atoms with E-state index in [-0.39, 0.29) is 9.03 Å². The summed E-state index contributed by atoms with van der Waals surface area (Å²) in [6.45, 7) is 0. The Kier molecular flexibility index (Phi) is 3.49. The van der Waals surface area contributed by atoms with Crippen LogP contribution in [-0.2, 0) is 9.05 Å². The minimum absolute atomic E-state index is 0.249. The maximum atomic E-state index is 5.36. The lowest BCUT2D eigenvalue weighted by molar-refractivity contribution is 0.211. The summed E-state index contributed by atoms with van der Waals surface area (Å²) in [5, 5.41) is 0. The molecule has 0 aromatic carbocycles. The van der Waals surface area contributed by atoms with E-state index >= 15 is 0 Å². The maximum absolute atomic E-state index is 5.36. The number of rotatable bonds is 3. The molecule has 1 atom stereocenters. The van der Waals surface area contributed by atoms with Gasteiger partial charge in [-0.25, -0.2) is 0 Å². The summed E-state index contributed by atoms with van der Waals surface area (Å²) in [5.41, 5.74) is 0. The molecule has 3 heteroatoms. The molecule has 1 rings (SSSR count). The molecule has 0 saturated heterocycles. The molecule has 0 N–H and O–H groups in total. The van der Waals surface area contributed by atoms with Crippen LogP contribution in [0.25, 0.3) is 0 Å². The predicted octanol–water partition coefficient (Wildman–Crippen LogP) is 2.10. The van der Waals surface area contributed by atoms with E-state index in [0.29, 0.717) is 6.10 Å². The Hall–Kier alpha value is 0.350. The normalized spacial score (nSPS) is 22.3. The first-order valence-electron chi connectivity index (χ1n) is 3.37. The zero-order valence-corrected chi connectivity index (χ0v) is 6.72. The molecule has 0 radical (unpaired) electrons.